The van der Waals surface area contributed by atoms with Crippen LogP contribution in [0.5, 0.6) is 0 Å². The highest BCUT2D eigenvalue weighted by Crippen LogP contribution is 2.45. The first kappa shape index (κ1) is 27.8. The number of nitrogens with zero attached hydrogens (tertiary/aromatic N) is 2. The topological polar surface area (TPSA) is 49.9 Å². The second-order valence-corrected chi connectivity index (χ2v) is 9.76. The number of hydrogen-bond acceptors (Lipinski definition) is 3. The molecule has 2 aromatic carbocycles. The summed E-state index contributed by atoms with van der Waals surface area (Å²) in [4.78, 5) is 28.5. The van der Waals surface area contributed by atoms with Gasteiger partial charge in [-0.3, -0.25) is 9.69 Å². The maximum Gasteiger partial charge on any atom is 0.416 e. The lowest BCUT2D eigenvalue weighted by Gasteiger charge is -2.43. The fourth-order valence-electron chi connectivity index (χ4n) is 5.41. The first-order valence-electron chi connectivity index (χ1n) is 12.4. The Labute approximate surface area is 216 Å². The first-order chi connectivity index (χ1) is 17.7. The predicted octanol–water partition coefficient (Wildman–Crippen LogP) is 7.06. The van der Waals surface area contributed by atoms with E-state index in [4.69, 9.17) is 4.74 Å². The number of benzene rings is 2. The van der Waals surface area contributed by atoms with E-state index >= 15 is 0 Å². The molecule has 1 aliphatic heterocycles. The summed E-state index contributed by atoms with van der Waals surface area (Å²) < 4.78 is 85.9. The number of alkyl halides is 6. The summed E-state index contributed by atoms with van der Waals surface area (Å²) >= 11 is 0. The van der Waals surface area contributed by atoms with Crippen LogP contribution in [0.2, 0.25) is 0 Å². The molecule has 0 aromatic heterocycles. The molecule has 2 aliphatic rings. The number of fused-ring (bicyclic) bond motifs is 2. The zero-order chi connectivity index (χ0) is 28.0. The summed E-state index contributed by atoms with van der Waals surface area (Å²) in [5.41, 5.74) is 0.116. The van der Waals surface area contributed by atoms with Crippen molar-refractivity contribution in [3.63, 3.8) is 0 Å². The number of halogens is 6. The van der Waals surface area contributed by atoms with E-state index in [9.17, 15) is 35.9 Å². The molecule has 4 rings (SSSR count). The third kappa shape index (κ3) is 5.47. The van der Waals surface area contributed by atoms with Gasteiger partial charge in [-0.1, -0.05) is 6.07 Å². The molecule has 1 aliphatic carbocycles. The molecule has 0 spiro atoms. The van der Waals surface area contributed by atoms with Crippen LogP contribution >= 0.6 is 0 Å². The van der Waals surface area contributed by atoms with Crippen molar-refractivity contribution in [1.29, 1.82) is 0 Å². The van der Waals surface area contributed by atoms with Gasteiger partial charge in [0.05, 0.1) is 29.5 Å². The normalized spacial score (nSPS) is 19.1. The minimum Gasteiger partial charge on any atom is -0.449 e. The highest BCUT2D eigenvalue weighted by molar-refractivity contribution is 5.91. The van der Waals surface area contributed by atoms with Crippen LogP contribution in [0.15, 0.2) is 30.3 Å². The Kier molecular flexibility index (Phi) is 7.42. The molecular weight excluding hydrogens is 514 g/mol. The van der Waals surface area contributed by atoms with Crippen molar-refractivity contribution < 1.29 is 40.7 Å². The van der Waals surface area contributed by atoms with Crippen molar-refractivity contribution in [3.8, 4) is 0 Å². The van der Waals surface area contributed by atoms with Gasteiger partial charge in [0.25, 0.3) is 0 Å². The number of carbonyl (C=O) groups is 2. The molecule has 0 fully saturated rings. The van der Waals surface area contributed by atoms with Gasteiger partial charge in [0.2, 0.25) is 5.91 Å². The molecule has 0 saturated carbocycles. The summed E-state index contributed by atoms with van der Waals surface area (Å²) in [6.45, 7) is 4.37. The fourth-order valence-corrected chi connectivity index (χ4v) is 5.41. The Morgan fingerprint density at radius 1 is 0.974 bits per heavy atom. The molecule has 0 saturated heterocycles. The second-order valence-electron chi connectivity index (χ2n) is 9.76. The average molecular weight is 543 g/mol. The van der Waals surface area contributed by atoms with E-state index in [1.54, 1.807) is 13.8 Å². The van der Waals surface area contributed by atoms with E-state index in [2.05, 4.69) is 0 Å². The zero-order valence-electron chi connectivity index (χ0n) is 21.2. The van der Waals surface area contributed by atoms with Crippen LogP contribution in [0.4, 0.5) is 36.8 Å². The Morgan fingerprint density at radius 2 is 1.55 bits per heavy atom. The number of anilines is 1. The van der Waals surface area contributed by atoms with E-state index in [1.165, 1.54) is 16.7 Å². The van der Waals surface area contributed by atoms with E-state index in [-0.39, 0.29) is 24.7 Å². The van der Waals surface area contributed by atoms with Crippen molar-refractivity contribution in [3.05, 3.63) is 63.7 Å². The van der Waals surface area contributed by atoms with Crippen LogP contribution in [-0.2, 0) is 41.3 Å². The van der Waals surface area contributed by atoms with Gasteiger partial charge < -0.3 is 9.64 Å². The molecule has 2 amide bonds. The predicted molar refractivity (Wildman–Crippen MR) is 127 cm³/mol. The second kappa shape index (κ2) is 10.1. The molecule has 11 heteroatoms. The number of carbonyl (C=O) groups excluding carboxylic acids is 2. The number of rotatable bonds is 4. The molecule has 2 unspecified atom stereocenters. The van der Waals surface area contributed by atoms with E-state index in [0.29, 0.717) is 23.4 Å². The molecule has 38 heavy (non-hydrogen) atoms. The van der Waals surface area contributed by atoms with Crippen molar-refractivity contribution in [1.82, 2.24) is 4.90 Å². The minimum atomic E-state index is -5.00. The van der Waals surface area contributed by atoms with Gasteiger partial charge in [0, 0.05) is 19.5 Å². The van der Waals surface area contributed by atoms with Crippen molar-refractivity contribution in [2.24, 2.45) is 0 Å². The standard InChI is InChI=1S/C27H28F6N2O3/c1-4-38-25(37)35-15(2)8-23(22-11-18-6-5-7-19(18)12-24(22)35)34(16(3)36)14-17-9-20(26(28,29)30)13-21(10-17)27(31,32)33/h9-13,15,23H,4-8,14H2,1-3H3. The van der Waals surface area contributed by atoms with Crippen molar-refractivity contribution >= 4 is 17.7 Å². The van der Waals surface area contributed by atoms with Crippen LogP contribution in [0, 0.1) is 0 Å². The lowest BCUT2D eigenvalue weighted by atomic mass is 9.88. The first-order valence-corrected chi connectivity index (χ1v) is 12.4. The highest BCUT2D eigenvalue weighted by atomic mass is 19.4. The van der Waals surface area contributed by atoms with Gasteiger partial charge in [0.1, 0.15) is 0 Å². The largest absolute Gasteiger partial charge is 0.449 e. The molecule has 2 atom stereocenters. The average Bonchev–Trinajstić information content (AvgIpc) is 3.27. The summed E-state index contributed by atoms with van der Waals surface area (Å²) in [6.07, 6.45) is -7.78. The minimum absolute atomic E-state index is 0.0696. The fraction of sp³-hybridized carbons (Fsp3) is 0.481. The SMILES string of the molecule is CCOC(=O)N1c2cc3c(cc2C(N(Cc2cc(C(F)(F)F)cc(C(F)(F)F)c2)C(C)=O)CC1C)CCC3. The summed E-state index contributed by atoms with van der Waals surface area (Å²) in [6, 6.07) is 4.04. The lowest BCUT2D eigenvalue weighted by Crippen LogP contribution is -2.47. The van der Waals surface area contributed by atoms with Gasteiger partial charge >= 0.3 is 18.4 Å². The smallest absolute Gasteiger partial charge is 0.416 e. The molecule has 0 bridgehead atoms. The monoisotopic (exact) mass is 542 g/mol. The molecular formula is C27H28F6N2O3. The third-order valence-electron chi connectivity index (χ3n) is 7.11. The Balaban J connectivity index is 1.80. The zero-order valence-corrected chi connectivity index (χ0v) is 21.2. The number of hydrogen-bond donors (Lipinski definition) is 0. The van der Waals surface area contributed by atoms with Crippen molar-refractivity contribution in [2.45, 2.75) is 77.4 Å². The molecule has 0 N–H and O–H groups in total. The van der Waals surface area contributed by atoms with Gasteiger partial charge in [-0.2, -0.15) is 26.3 Å². The molecule has 1 heterocycles. The van der Waals surface area contributed by atoms with Crippen LogP contribution in [0.3, 0.4) is 0 Å². The highest BCUT2D eigenvalue weighted by Gasteiger charge is 2.40. The van der Waals surface area contributed by atoms with Crippen molar-refractivity contribution in [2.75, 3.05) is 11.5 Å². The van der Waals surface area contributed by atoms with E-state index < -0.39 is 54.1 Å². The number of amides is 2. The van der Waals surface area contributed by atoms with E-state index in [0.717, 1.165) is 30.4 Å². The summed E-state index contributed by atoms with van der Waals surface area (Å²) in [5.74, 6) is -0.510. The van der Waals surface area contributed by atoms with Crippen LogP contribution < -0.4 is 4.90 Å². The quantitative estimate of drug-likeness (QED) is 0.389. The van der Waals surface area contributed by atoms with Gasteiger partial charge in [0.15, 0.2) is 0 Å². The lowest BCUT2D eigenvalue weighted by molar-refractivity contribution is -0.143. The third-order valence-corrected chi connectivity index (χ3v) is 7.11. The number of aryl methyl sites for hydroxylation is 2. The maximum atomic E-state index is 13.4. The van der Waals surface area contributed by atoms with Crippen LogP contribution in [0.25, 0.3) is 0 Å². The molecule has 5 nitrogen and oxygen atoms in total. The van der Waals surface area contributed by atoms with E-state index in [1.807, 2.05) is 12.1 Å². The molecule has 206 valence electrons. The van der Waals surface area contributed by atoms with Gasteiger partial charge in [-0.25, -0.2) is 4.79 Å². The van der Waals surface area contributed by atoms with Gasteiger partial charge in [-0.15, -0.1) is 0 Å². The van der Waals surface area contributed by atoms with Crippen LogP contribution in [-0.4, -0.2) is 29.5 Å². The Hall–Kier alpha value is -3.24. The Bertz CT molecular complexity index is 1210. The molecule has 2 aromatic rings. The van der Waals surface area contributed by atoms with Gasteiger partial charge in [-0.05, 0) is 86.1 Å². The maximum absolute atomic E-state index is 13.4. The summed E-state index contributed by atoms with van der Waals surface area (Å²) in [5, 5.41) is 0. The molecule has 0 radical (unpaired) electrons. The summed E-state index contributed by atoms with van der Waals surface area (Å²) in [7, 11) is 0. The number of ether oxygens (including phenoxy) is 1. The Morgan fingerprint density at radius 3 is 2.08 bits per heavy atom. The van der Waals surface area contributed by atoms with Crippen LogP contribution in [0.1, 0.15) is 73.0 Å².